The van der Waals surface area contributed by atoms with E-state index < -0.39 is 0 Å². The molecule has 0 saturated heterocycles. The monoisotopic (exact) mass is 268 g/mol. The van der Waals surface area contributed by atoms with E-state index in [4.69, 9.17) is 0 Å². The van der Waals surface area contributed by atoms with Crippen LogP contribution in [-0.2, 0) is 6.54 Å². The van der Waals surface area contributed by atoms with E-state index in [0.29, 0.717) is 12.1 Å². The number of nitrogens with zero attached hydrogens (tertiary/aromatic N) is 1. The molecule has 2 aromatic rings. The van der Waals surface area contributed by atoms with Gasteiger partial charge in [0.2, 0.25) is 0 Å². The maximum Gasteiger partial charge on any atom is 0.0493 e. The first kappa shape index (κ1) is 14.8. The fraction of sp³-hybridized carbons (Fsp3) is 0.333. The average Bonchev–Trinajstić information content (AvgIpc) is 2.47. The molecule has 0 aromatic heterocycles. The van der Waals surface area contributed by atoms with E-state index in [1.807, 2.05) is 0 Å². The normalized spacial score (nSPS) is 14.2. The zero-order valence-electron chi connectivity index (χ0n) is 12.6. The number of hydrogen-bond acceptors (Lipinski definition) is 2. The lowest BCUT2D eigenvalue weighted by Gasteiger charge is -2.31. The maximum atomic E-state index is 3.64. The lowest BCUT2D eigenvalue weighted by molar-refractivity contribution is 0.239. The van der Waals surface area contributed by atoms with E-state index in [-0.39, 0.29) is 0 Å². The smallest absolute Gasteiger partial charge is 0.0493 e. The predicted molar refractivity (Wildman–Crippen MR) is 85.6 cm³/mol. The molecule has 0 radical (unpaired) electrons. The quantitative estimate of drug-likeness (QED) is 0.863. The van der Waals surface area contributed by atoms with Gasteiger partial charge in [0, 0.05) is 18.6 Å². The molecule has 1 N–H and O–H groups in total. The molecule has 0 amide bonds. The molecule has 20 heavy (non-hydrogen) atoms. The topological polar surface area (TPSA) is 15.3 Å². The van der Waals surface area contributed by atoms with Gasteiger partial charge in [-0.1, -0.05) is 60.7 Å². The van der Waals surface area contributed by atoms with Crippen molar-refractivity contribution in [3.8, 4) is 0 Å². The summed E-state index contributed by atoms with van der Waals surface area (Å²) in [5.41, 5.74) is 2.68. The Labute approximate surface area is 122 Å². The van der Waals surface area contributed by atoms with Crippen molar-refractivity contribution in [1.82, 2.24) is 10.2 Å². The van der Waals surface area contributed by atoms with Crippen LogP contribution >= 0.6 is 0 Å². The van der Waals surface area contributed by atoms with Gasteiger partial charge in [0.1, 0.15) is 0 Å². The van der Waals surface area contributed by atoms with Gasteiger partial charge in [0.15, 0.2) is 0 Å². The van der Waals surface area contributed by atoms with E-state index in [1.54, 1.807) is 0 Å². The van der Waals surface area contributed by atoms with Crippen molar-refractivity contribution < 1.29 is 0 Å². The third kappa shape index (κ3) is 3.92. The van der Waals surface area contributed by atoms with Crippen molar-refractivity contribution >= 4 is 0 Å². The molecule has 106 valence electrons. The van der Waals surface area contributed by atoms with Gasteiger partial charge < -0.3 is 10.2 Å². The molecule has 0 saturated carbocycles. The highest BCUT2D eigenvalue weighted by Gasteiger charge is 2.20. The Kier molecular flexibility index (Phi) is 5.33. The van der Waals surface area contributed by atoms with Gasteiger partial charge >= 0.3 is 0 Å². The van der Waals surface area contributed by atoms with Gasteiger partial charge in [-0.05, 0) is 32.1 Å². The molecular formula is C18H24N2. The summed E-state index contributed by atoms with van der Waals surface area (Å²) in [6, 6.07) is 22.0. The van der Waals surface area contributed by atoms with E-state index in [2.05, 4.69) is 91.9 Å². The summed E-state index contributed by atoms with van der Waals surface area (Å²) < 4.78 is 0. The molecule has 2 rings (SSSR count). The molecule has 2 unspecified atom stereocenters. The minimum atomic E-state index is 0.375. The van der Waals surface area contributed by atoms with E-state index in [9.17, 15) is 0 Å². The van der Waals surface area contributed by atoms with Crippen molar-refractivity contribution in [3.05, 3.63) is 71.8 Å². The Morgan fingerprint density at radius 3 is 2.00 bits per heavy atom. The average molecular weight is 268 g/mol. The van der Waals surface area contributed by atoms with E-state index in [0.717, 1.165) is 6.54 Å². The summed E-state index contributed by atoms with van der Waals surface area (Å²) in [7, 11) is 4.27. The molecule has 2 aromatic carbocycles. The minimum absolute atomic E-state index is 0.375. The highest BCUT2D eigenvalue weighted by Crippen LogP contribution is 2.22. The Balaban J connectivity index is 2.03. The molecule has 0 aliphatic heterocycles. The zero-order chi connectivity index (χ0) is 14.4. The molecule has 0 fully saturated rings. The highest BCUT2D eigenvalue weighted by atomic mass is 15.1. The molecule has 0 aliphatic carbocycles. The SMILES string of the molecule is CC(NCc1ccccc1)C(c1ccccc1)N(C)C. The Morgan fingerprint density at radius 1 is 0.900 bits per heavy atom. The van der Waals surface area contributed by atoms with Crippen molar-refractivity contribution in [2.45, 2.75) is 25.6 Å². The van der Waals surface area contributed by atoms with Crippen LogP contribution in [0.4, 0.5) is 0 Å². The van der Waals surface area contributed by atoms with Gasteiger partial charge in [-0.2, -0.15) is 0 Å². The second-order valence-electron chi connectivity index (χ2n) is 5.47. The van der Waals surface area contributed by atoms with Crippen LogP contribution in [-0.4, -0.2) is 25.0 Å². The third-order valence-electron chi connectivity index (χ3n) is 3.64. The van der Waals surface area contributed by atoms with Crippen molar-refractivity contribution in [2.24, 2.45) is 0 Å². The van der Waals surface area contributed by atoms with Crippen molar-refractivity contribution in [2.75, 3.05) is 14.1 Å². The first-order valence-corrected chi connectivity index (χ1v) is 7.17. The summed E-state index contributed by atoms with van der Waals surface area (Å²) in [6.45, 7) is 3.15. The molecule has 0 heterocycles. The van der Waals surface area contributed by atoms with Crippen LogP contribution in [0.1, 0.15) is 24.1 Å². The summed E-state index contributed by atoms with van der Waals surface area (Å²) >= 11 is 0. The van der Waals surface area contributed by atoms with Crippen molar-refractivity contribution in [1.29, 1.82) is 0 Å². The van der Waals surface area contributed by atoms with Crippen LogP contribution in [0.15, 0.2) is 60.7 Å². The van der Waals surface area contributed by atoms with E-state index in [1.165, 1.54) is 11.1 Å². The Bertz CT molecular complexity index is 493. The second-order valence-corrected chi connectivity index (χ2v) is 5.47. The van der Waals surface area contributed by atoms with Crippen LogP contribution < -0.4 is 5.32 Å². The summed E-state index contributed by atoms with van der Waals surface area (Å²) in [6.07, 6.45) is 0. The van der Waals surface area contributed by atoms with E-state index >= 15 is 0 Å². The number of likely N-dealkylation sites (N-methyl/N-ethyl adjacent to an activating group) is 1. The zero-order valence-corrected chi connectivity index (χ0v) is 12.6. The fourth-order valence-electron chi connectivity index (χ4n) is 2.67. The summed E-state index contributed by atoms with van der Waals surface area (Å²) in [4.78, 5) is 2.28. The molecule has 0 aliphatic rings. The first-order chi connectivity index (χ1) is 9.68. The third-order valence-corrected chi connectivity index (χ3v) is 3.64. The van der Waals surface area contributed by atoms with Crippen LogP contribution in [0.25, 0.3) is 0 Å². The molecule has 2 nitrogen and oxygen atoms in total. The minimum Gasteiger partial charge on any atom is -0.308 e. The number of nitrogens with one attached hydrogen (secondary N) is 1. The number of benzene rings is 2. The standard InChI is InChI=1S/C18H24N2/c1-15(19-14-16-10-6-4-7-11-16)18(20(2)3)17-12-8-5-9-13-17/h4-13,15,18-19H,14H2,1-3H3. The molecule has 2 heteroatoms. The maximum absolute atomic E-state index is 3.64. The molecular weight excluding hydrogens is 244 g/mol. The van der Waals surface area contributed by atoms with Gasteiger partial charge in [-0.15, -0.1) is 0 Å². The number of rotatable bonds is 6. The molecule has 0 bridgehead atoms. The molecule has 2 atom stereocenters. The van der Waals surface area contributed by atoms with Crippen molar-refractivity contribution in [3.63, 3.8) is 0 Å². The number of hydrogen-bond donors (Lipinski definition) is 1. The molecule has 0 spiro atoms. The Hall–Kier alpha value is -1.64. The van der Waals surface area contributed by atoms with Gasteiger partial charge in [0.25, 0.3) is 0 Å². The largest absolute Gasteiger partial charge is 0.308 e. The van der Waals surface area contributed by atoms with Gasteiger partial charge in [0.05, 0.1) is 0 Å². The highest BCUT2D eigenvalue weighted by molar-refractivity contribution is 5.21. The van der Waals surface area contributed by atoms with Crippen LogP contribution in [0.5, 0.6) is 0 Å². The summed E-state index contributed by atoms with van der Waals surface area (Å²) in [5, 5.41) is 3.64. The fourth-order valence-corrected chi connectivity index (χ4v) is 2.67. The van der Waals surface area contributed by atoms with Crippen LogP contribution in [0.3, 0.4) is 0 Å². The van der Waals surface area contributed by atoms with Gasteiger partial charge in [-0.3, -0.25) is 0 Å². The van der Waals surface area contributed by atoms with Gasteiger partial charge in [-0.25, -0.2) is 0 Å². The Morgan fingerprint density at radius 2 is 1.45 bits per heavy atom. The summed E-state index contributed by atoms with van der Waals surface area (Å²) in [5.74, 6) is 0. The van der Waals surface area contributed by atoms with Crippen LogP contribution in [0.2, 0.25) is 0 Å². The van der Waals surface area contributed by atoms with Crippen LogP contribution in [0, 0.1) is 0 Å². The second kappa shape index (κ2) is 7.22. The predicted octanol–water partition coefficient (Wildman–Crippen LogP) is 3.47. The lowest BCUT2D eigenvalue weighted by atomic mass is 9.99. The first-order valence-electron chi connectivity index (χ1n) is 7.17. The lowest BCUT2D eigenvalue weighted by Crippen LogP contribution is -2.38.